The number of hydrogen-bond acceptors (Lipinski definition) is 5. The van der Waals surface area contributed by atoms with Gasteiger partial charge < -0.3 is 8.98 Å². The van der Waals surface area contributed by atoms with E-state index in [4.69, 9.17) is 19.4 Å². The van der Waals surface area contributed by atoms with Crippen LogP contribution in [0.5, 0.6) is 0 Å². The van der Waals surface area contributed by atoms with E-state index < -0.39 is 0 Å². The van der Waals surface area contributed by atoms with E-state index in [1.807, 2.05) is 18.2 Å². The largest absolute Gasteiger partial charge is 0.455 e. The van der Waals surface area contributed by atoms with Crippen LogP contribution in [0.4, 0.5) is 0 Å². The molecule has 0 aliphatic rings. The van der Waals surface area contributed by atoms with Crippen molar-refractivity contribution in [3.8, 4) is 39.9 Å². The minimum atomic E-state index is 0.590. The molecule has 14 aromatic rings. The summed E-state index contributed by atoms with van der Waals surface area (Å²) in [5.74, 6) is 1.85. The van der Waals surface area contributed by atoms with E-state index in [9.17, 15) is 0 Å². The molecule has 14 rings (SSSR count). The molecular weight excluding hydrogens is 789 g/mol. The lowest BCUT2D eigenvalue weighted by molar-refractivity contribution is 0.672. The molecule has 0 atom stereocenters. The van der Waals surface area contributed by atoms with Crippen LogP contribution in [0, 0.1) is 0 Å². The van der Waals surface area contributed by atoms with E-state index in [1.54, 1.807) is 11.3 Å². The maximum atomic E-state index is 6.95. The summed E-state index contributed by atoms with van der Waals surface area (Å²) >= 11 is 1.79. The lowest BCUT2D eigenvalue weighted by atomic mass is 10.0. The Balaban J connectivity index is 1.01. The molecule has 0 radical (unpaired) electrons. The van der Waals surface area contributed by atoms with Crippen LogP contribution >= 0.6 is 11.3 Å². The van der Waals surface area contributed by atoms with Gasteiger partial charge >= 0.3 is 0 Å². The van der Waals surface area contributed by atoms with Crippen LogP contribution in [-0.4, -0.2) is 19.5 Å². The zero-order valence-corrected chi connectivity index (χ0v) is 34.4. The van der Waals surface area contributed by atoms with Crippen LogP contribution in [0.15, 0.2) is 199 Å². The molecule has 0 unspecified atom stereocenters. The van der Waals surface area contributed by atoms with Gasteiger partial charge in [0.25, 0.3) is 0 Å². The highest BCUT2D eigenvalue weighted by atomic mass is 32.1. The Morgan fingerprint density at radius 3 is 1.92 bits per heavy atom. The molecule has 6 heteroatoms. The number of aromatic nitrogens is 4. The minimum absolute atomic E-state index is 0.590. The standard InChI is InChI=1S/C57H32N4OS/c1-2-14-34(15-3-1)55-58-56(60-57(59-55)44-22-12-24-51-52(44)43-21-10-11-23-50(43)63-51)37-26-27-40-46-32-48(39-19-8-9-20-42(39)54(46)62-49(40)31-37)61-47-30-36-17-5-4-16-35(36)29-45(47)41-28-25-33-13-6-7-18-38(33)53(41)61/h1-32H. The lowest BCUT2D eigenvalue weighted by Crippen LogP contribution is -2.00. The van der Waals surface area contributed by atoms with Crippen LogP contribution in [0.3, 0.4) is 0 Å². The Kier molecular flexibility index (Phi) is 7.21. The fraction of sp³-hybridized carbons (Fsp3) is 0. The highest BCUT2D eigenvalue weighted by molar-refractivity contribution is 7.25. The first-order valence-electron chi connectivity index (χ1n) is 21.2. The summed E-state index contributed by atoms with van der Waals surface area (Å²) in [6, 6.07) is 69.1. The number of benzene rings is 10. The molecule has 0 bridgehead atoms. The Morgan fingerprint density at radius 1 is 0.397 bits per heavy atom. The van der Waals surface area contributed by atoms with Crippen LogP contribution in [-0.2, 0) is 0 Å². The summed E-state index contributed by atoms with van der Waals surface area (Å²) in [5, 5.41) is 14.0. The molecule has 0 fully saturated rings. The van der Waals surface area contributed by atoms with E-state index in [1.165, 1.54) is 58.1 Å². The van der Waals surface area contributed by atoms with Crippen LogP contribution in [0.1, 0.15) is 0 Å². The number of fused-ring (bicyclic) bond motifs is 14. The maximum Gasteiger partial charge on any atom is 0.164 e. The average Bonchev–Trinajstić information content (AvgIpc) is 4.02. The van der Waals surface area contributed by atoms with Crippen molar-refractivity contribution in [3.05, 3.63) is 194 Å². The molecule has 0 amide bonds. The molecular formula is C57H32N4OS. The van der Waals surface area contributed by atoms with E-state index >= 15 is 0 Å². The first-order valence-corrected chi connectivity index (χ1v) is 22.0. The second kappa shape index (κ2) is 13.2. The summed E-state index contributed by atoms with van der Waals surface area (Å²) in [5.41, 5.74) is 7.89. The maximum absolute atomic E-state index is 6.95. The third kappa shape index (κ3) is 5.13. The minimum Gasteiger partial charge on any atom is -0.455 e. The second-order valence-electron chi connectivity index (χ2n) is 16.3. The predicted octanol–water partition coefficient (Wildman–Crippen LogP) is 15.7. The molecule has 63 heavy (non-hydrogen) atoms. The van der Waals surface area contributed by atoms with Crippen molar-refractivity contribution in [1.82, 2.24) is 19.5 Å². The topological polar surface area (TPSA) is 56.7 Å². The fourth-order valence-corrected chi connectivity index (χ4v) is 11.1. The first-order chi connectivity index (χ1) is 31.2. The SMILES string of the molecule is c1ccc(-c2nc(-c3ccc4c(c3)oc3c5ccccc5c(-n5c6cc7ccccc7cc6c6ccc7ccccc7c65)cc43)nc(-c3cccc4sc5ccccc5c34)n2)cc1. The predicted molar refractivity (Wildman–Crippen MR) is 263 cm³/mol. The van der Waals surface area contributed by atoms with Crippen molar-refractivity contribution in [2.75, 3.05) is 0 Å². The Bertz CT molecular complexity index is 4220. The third-order valence-corrected chi connectivity index (χ3v) is 13.9. The summed E-state index contributed by atoms with van der Waals surface area (Å²) in [7, 11) is 0. The van der Waals surface area contributed by atoms with Gasteiger partial charge in [-0.15, -0.1) is 11.3 Å². The number of furan rings is 1. The van der Waals surface area contributed by atoms with Crippen LogP contribution in [0.2, 0.25) is 0 Å². The normalized spacial score (nSPS) is 12.1. The van der Waals surface area contributed by atoms with Gasteiger partial charge in [0.2, 0.25) is 0 Å². The molecule has 292 valence electrons. The quantitative estimate of drug-likeness (QED) is 0.177. The van der Waals surface area contributed by atoms with Gasteiger partial charge in [0.05, 0.1) is 16.7 Å². The van der Waals surface area contributed by atoms with Gasteiger partial charge in [-0.05, 0) is 58.6 Å². The highest BCUT2D eigenvalue weighted by Crippen LogP contribution is 2.44. The Hall–Kier alpha value is -8.19. The molecule has 0 spiro atoms. The number of hydrogen-bond donors (Lipinski definition) is 0. The van der Waals surface area contributed by atoms with Crippen LogP contribution < -0.4 is 0 Å². The molecule has 0 aliphatic heterocycles. The number of rotatable bonds is 4. The van der Waals surface area contributed by atoms with E-state index in [2.05, 4.69) is 180 Å². The Morgan fingerprint density at radius 2 is 1.06 bits per heavy atom. The van der Waals surface area contributed by atoms with Crippen molar-refractivity contribution in [2.24, 2.45) is 0 Å². The summed E-state index contributed by atoms with van der Waals surface area (Å²) in [4.78, 5) is 15.5. The Labute approximate surface area is 363 Å². The van der Waals surface area contributed by atoms with Crippen LogP contribution in [0.25, 0.3) is 136 Å². The van der Waals surface area contributed by atoms with Crippen molar-refractivity contribution in [3.63, 3.8) is 0 Å². The van der Waals surface area contributed by atoms with Gasteiger partial charge in [0.1, 0.15) is 11.2 Å². The van der Waals surface area contributed by atoms with E-state index in [0.717, 1.165) is 60.5 Å². The molecule has 0 saturated carbocycles. The van der Waals surface area contributed by atoms with Crippen molar-refractivity contribution >= 4 is 108 Å². The zero-order valence-electron chi connectivity index (χ0n) is 33.6. The van der Waals surface area contributed by atoms with Gasteiger partial charge in [0, 0.05) is 74.6 Å². The van der Waals surface area contributed by atoms with Gasteiger partial charge in [-0.1, -0.05) is 152 Å². The van der Waals surface area contributed by atoms with Gasteiger partial charge in [-0.25, -0.2) is 15.0 Å². The monoisotopic (exact) mass is 820 g/mol. The molecule has 0 aliphatic carbocycles. The molecule has 5 nitrogen and oxygen atoms in total. The molecule has 10 aromatic carbocycles. The van der Waals surface area contributed by atoms with Gasteiger partial charge in [-0.3, -0.25) is 0 Å². The van der Waals surface area contributed by atoms with E-state index in [0.29, 0.717) is 17.5 Å². The number of thiophene rings is 1. The van der Waals surface area contributed by atoms with Gasteiger partial charge in [0.15, 0.2) is 17.5 Å². The van der Waals surface area contributed by atoms with Crippen molar-refractivity contribution in [1.29, 1.82) is 0 Å². The summed E-state index contributed by atoms with van der Waals surface area (Å²) < 4.78 is 11.9. The highest BCUT2D eigenvalue weighted by Gasteiger charge is 2.22. The lowest BCUT2D eigenvalue weighted by Gasteiger charge is -2.14. The molecule has 0 N–H and O–H groups in total. The molecule has 4 heterocycles. The van der Waals surface area contributed by atoms with Crippen molar-refractivity contribution in [2.45, 2.75) is 0 Å². The summed E-state index contributed by atoms with van der Waals surface area (Å²) in [6.07, 6.45) is 0. The first kappa shape index (κ1) is 34.5. The smallest absolute Gasteiger partial charge is 0.164 e. The van der Waals surface area contributed by atoms with Gasteiger partial charge in [-0.2, -0.15) is 0 Å². The average molecular weight is 821 g/mol. The number of nitrogens with zero attached hydrogens (tertiary/aromatic N) is 4. The molecule has 4 aromatic heterocycles. The summed E-state index contributed by atoms with van der Waals surface area (Å²) in [6.45, 7) is 0. The second-order valence-corrected chi connectivity index (χ2v) is 17.4. The van der Waals surface area contributed by atoms with Crippen molar-refractivity contribution < 1.29 is 4.42 Å². The van der Waals surface area contributed by atoms with E-state index in [-0.39, 0.29) is 0 Å². The zero-order chi connectivity index (χ0) is 41.2. The fourth-order valence-electron chi connectivity index (χ4n) is 9.92. The third-order valence-electron chi connectivity index (χ3n) is 12.8. The molecule has 0 saturated heterocycles.